The largest absolute Gasteiger partial charge is 0.456 e. The van der Waals surface area contributed by atoms with Crippen LogP contribution in [0.2, 0.25) is 0 Å². The number of furan rings is 1. The lowest BCUT2D eigenvalue weighted by molar-refractivity contribution is 0.665. The lowest BCUT2D eigenvalue weighted by Crippen LogP contribution is -1.80. The Balaban J connectivity index is 2.02. The summed E-state index contributed by atoms with van der Waals surface area (Å²) in [4.78, 5) is 0. The van der Waals surface area contributed by atoms with E-state index < -0.39 is 18.1 Å². The standard InChI is InChI=1S/C19H12O/c1-2-6-13-12(5-1)11-17-14(13)9-10-16-15-7-3-4-8-18(15)20-19(16)17/h1-10H,11H2/i1D,2D,3D,4D,5D,6D,7D,8D,9D,10D. The molecule has 3 aromatic carbocycles. The monoisotopic (exact) mass is 266 g/mol. The van der Waals surface area contributed by atoms with Crippen LogP contribution in [0, 0.1) is 0 Å². The molecule has 0 radical (unpaired) electrons. The summed E-state index contributed by atoms with van der Waals surface area (Å²) in [6.45, 7) is 0. The maximum absolute atomic E-state index is 8.54. The van der Waals surface area contributed by atoms with Crippen LogP contribution in [0.5, 0.6) is 0 Å². The molecular weight excluding hydrogens is 244 g/mol. The third kappa shape index (κ3) is 1.17. The van der Waals surface area contributed by atoms with Gasteiger partial charge >= 0.3 is 0 Å². The molecule has 1 aliphatic carbocycles. The van der Waals surface area contributed by atoms with Crippen molar-refractivity contribution < 1.29 is 18.1 Å². The van der Waals surface area contributed by atoms with Crippen molar-refractivity contribution in [2.24, 2.45) is 0 Å². The lowest BCUT2D eigenvalue weighted by Gasteiger charge is -2.00. The molecule has 0 aliphatic heterocycles. The van der Waals surface area contributed by atoms with Gasteiger partial charge in [-0.15, -0.1) is 0 Å². The Bertz CT molecular complexity index is 1470. The van der Waals surface area contributed by atoms with Crippen LogP contribution in [0.25, 0.3) is 33.1 Å². The van der Waals surface area contributed by atoms with Gasteiger partial charge in [0.05, 0.1) is 13.7 Å². The second kappa shape index (κ2) is 3.51. The molecule has 0 N–H and O–H groups in total. The fraction of sp³-hybridized carbons (Fsp3) is 0.0526. The zero-order valence-electron chi connectivity index (χ0n) is 20.1. The molecule has 0 saturated carbocycles. The summed E-state index contributed by atoms with van der Waals surface area (Å²) in [7, 11) is 0. The average Bonchev–Trinajstić information content (AvgIpc) is 3.31. The maximum Gasteiger partial charge on any atom is 0.139 e. The van der Waals surface area contributed by atoms with E-state index in [0.717, 1.165) is 0 Å². The van der Waals surface area contributed by atoms with Crippen LogP contribution in [0.15, 0.2) is 64.8 Å². The fourth-order valence-electron chi connectivity index (χ4n) is 2.71. The first-order valence-electron chi connectivity index (χ1n) is 11.1. The van der Waals surface area contributed by atoms with E-state index in [2.05, 4.69) is 0 Å². The zero-order chi connectivity index (χ0) is 21.8. The number of fused-ring (bicyclic) bond motifs is 7. The van der Waals surface area contributed by atoms with Gasteiger partial charge in [0, 0.05) is 22.8 Å². The summed E-state index contributed by atoms with van der Waals surface area (Å²) in [5, 5.41) is 0.108. The van der Waals surface area contributed by atoms with Crippen LogP contribution >= 0.6 is 0 Å². The van der Waals surface area contributed by atoms with Crippen molar-refractivity contribution in [3.8, 4) is 11.1 Å². The molecule has 1 heteroatoms. The van der Waals surface area contributed by atoms with E-state index in [4.69, 9.17) is 18.1 Å². The average molecular weight is 266 g/mol. The Morgan fingerprint density at radius 2 is 1.65 bits per heavy atom. The molecule has 20 heavy (non-hydrogen) atoms. The van der Waals surface area contributed by atoms with Gasteiger partial charge in [-0.2, -0.15) is 0 Å². The Morgan fingerprint density at radius 1 is 0.800 bits per heavy atom. The van der Waals surface area contributed by atoms with Crippen LogP contribution in [0.4, 0.5) is 0 Å². The third-order valence-corrected chi connectivity index (χ3v) is 3.59. The van der Waals surface area contributed by atoms with Gasteiger partial charge in [0.2, 0.25) is 0 Å². The molecule has 5 rings (SSSR count). The Hall–Kier alpha value is -2.54. The van der Waals surface area contributed by atoms with E-state index in [1.165, 1.54) is 0 Å². The molecule has 1 aromatic heterocycles. The minimum absolute atomic E-state index is 0.0211. The molecule has 0 fully saturated rings. The SMILES string of the molecule is [2H]c1c([2H])c([2H])c2c(c1[2H])Cc1c-2c([2H])c([2H])c2c1oc1c([2H])c([2H])c([2H])c([2H])c12. The normalized spacial score (nSPS) is 19.8. The highest BCUT2D eigenvalue weighted by atomic mass is 16.3. The topological polar surface area (TPSA) is 13.1 Å². The first kappa shape index (κ1) is 4.78. The number of hydrogen-bond donors (Lipinski definition) is 0. The van der Waals surface area contributed by atoms with E-state index >= 15 is 0 Å². The van der Waals surface area contributed by atoms with E-state index in [9.17, 15) is 0 Å². The summed E-state index contributed by atoms with van der Waals surface area (Å²) in [6.07, 6.45) is 0.0478. The summed E-state index contributed by atoms with van der Waals surface area (Å²) < 4.78 is 87.4. The highest BCUT2D eigenvalue weighted by Gasteiger charge is 2.22. The highest BCUT2D eigenvalue weighted by molar-refractivity contribution is 6.08. The number of hydrogen-bond acceptors (Lipinski definition) is 1. The molecule has 4 aromatic rings. The zero-order valence-corrected chi connectivity index (χ0v) is 10.1. The van der Waals surface area contributed by atoms with E-state index in [-0.39, 0.29) is 81.8 Å². The van der Waals surface area contributed by atoms with Gasteiger partial charge in [-0.1, -0.05) is 48.3 Å². The molecule has 0 saturated heterocycles. The first-order valence-corrected chi connectivity index (χ1v) is 6.12. The van der Waals surface area contributed by atoms with Crippen LogP contribution in [-0.4, -0.2) is 0 Å². The van der Waals surface area contributed by atoms with E-state index in [0.29, 0.717) is 11.1 Å². The molecule has 0 atom stereocenters. The molecule has 0 bridgehead atoms. The van der Waals surface area contributed by atoms with Crippen molar-refractivity contribution in [2.75, 3.05) is 0 Å². The molecule has 0 unspecified atom stereocenters. The number of rotatable bonds is 0. The summed E-state index contributed by atoms with van der Waals surface area (Å²) >= 11 is 0. The van der Waals surface area contributed by atoms with Crippen molar-refractivity contribution in [3.63, 3.8) is 0 Å². The predicted octanol–water partition coefficient (Wildman–Crippen LogP) is 5.16. The van der Waals surface area contributed by atoms with Crippen molar-refractivity contribution in [2.45, 2.75) is 6.42 Å². The second-order valence-electron chi connectivity index (χ2n) is 4.64. The van der Waals surface area contributed by atoms with Crippen molar-refractivity contribution >= 4 is 21.9 Å². The van der Waals surface area contributed by atoms with Gasteiger partial charge in [-0.3, -0.25) is 0 Å². The van der Waals surface area contributed by atoms with Gasteiger partial charge in [0.15, 0.2) is 0 Å². The van der Waals surface area contributed by atoms with Gasteiger partial charge in [0.1, 0.15) is 11.2 Å². The van der Waals surface area contributed by atoms with Crippen LogP contribution in [-0.2, 0) is 6.42 Å². The molecule has 1 aliphatic rings. The summed E-state index contributed by atoms with van der Waals surface area (Å²) in [5.41, 5.74) is 1.03. The molecule has 0 spiro atoms. The molecule has 1 nitrogen and oxygen atoms in total. The van der Waals surface area contributed by atoms with Gasteiger partial charge in [-0.05, 0) is 28.8 Å². The van der Waals surface area contributed by atoms with Crippen molar-refractivity contribution in [1.29, 1.82) is 0 Å². The molecule has 1 heterocycles. The number of para-hydroxylation sites is 1. The smallest absolute Gasteiger partial charge is 0.139 e. The van der Waals surface area contributed by atoms with Crippen molar-refractivity contribution in [1.82, 2.24) is 0 Å². The minimum atomic E-state index is -0.469. The second-order valence-corrected chi connectivity index (χ2v) is 4.64. The molecule has 94 valence electrons. The van der Waals surface area contributed by atoms with Crippen LogP contribution in [0.1, 0.15) is 24.8 Å². The van der Waals surface area contributed by atoms with Gasteiger partial charge in [-0.25, -0.2) is 0 Å². The summed E-state index contributed by atoms with van der Waals surface area (Å²) in [5.74, 6) is 0. The van der Waals surface area contributed by atoms with E-state index in [1.807, 2.05) is 0 Å². The fourth-order valence-corrected chi connectivity index (χ4v) is 2.71. The third-order valence-electron chi connectivity index (χ3n) is 3.59. The van der Waals surface area contributed by atoms with Gasteiger partial charge < -0.3 is 4.42 Å². The lowest BCUT2D eigenvalue weighted by atomic mass is 10.0. The van der Waals surface area contributed by atoms with Crippen LogP contribution < -0.4 is 0 Å². The Kier molecular flexibility index (Phi) is 0.840. The highest BCUT2D eigenvalue weighted by Crippen LogP contribution is 2.42. The summed E-state index contributed by atoms with van der Waals surface area (Å²) in [6, 6.07) is -3.60. The van der Waals surface area contributed by atoms with Gasteiger partial charge in [0.25, 0.3) is 0 Å². The quantitative estimate of drug-likeness (QED) is 0.377. The number of benzene rings is 3. The van der Waals surface area contributed by atoms with Crippen molar-refractivity contribution in [3.05, 3.63) is 71.6 Å². The predicted molar refractivity (Wildman–Crippen MR) is 82.0 cm³/mol. The molecule has 0 amide bonds. The molecular formula is C19H12O. The Labute approximate surface area is 130 Å². The maximum atomic E-state index is 8.54. The minimum Gasteiger partial charge on any atom is -0.456 e. The first-order chi connectivity index (χ1) is 14.1. The Morgan fingerprint density at radius 3 is 2.65 bits per heavy atom. The van der Waals surface area contributed by atoms with Crippen LogP contribution in [0.3, 0.4) is 0 Å². The van der Waals surface area contributed by atoms with E-state index in [1.54, 1.807) is 0 Å².